The average Bonchev–Trinajstić information content (AvgIpc) is 3.24. The number of rotatable bonds is 13. The summed E-state index contributed by atoms with van der Waals surface area (Å²) < 4.78 is 21.8. The van der Waals surface area contributed by atoms with E-state index in [4.69, 9.17) is 6.57 Å². The standard InChI is InChI=1S/C30H43N5O4S/c1-7-12-25(31-6)13-11-20-40(38,39)26-14-10-17-32-29(36)24(15-16-26)21-27-22(4)28(23(5)34-27)30(37)33-18-19-35(8-2)9-3/h7,10-11,13,15-17,21,25-26,34,38-39H,1,8-9,12,14,18-20H2,2-5H3,(H,32,36)(H,33,37)/b13-11+,16-15+,17-10+,24-21-. The van der Waals surface area contributed by atoms with Crippen molar-refractivity contribution in [2.45, 2.75) is 51.8 Å². The van der Waals surface area contributed by atoms with Gasteiger partial charge in [-0.1, -0.05) is 44.2 Å². The fourth-order valence-electron chi connectivity index (χ4n) is 4.37. The van der Waals surface area contributed by atoms with Gasteiger partial charge >= 0.3 is 0 Å². The van der Waals surface area contributed by atoms with Crippen LogP contribution in [0.1, 0.15) is 54.0 Å². The van der Waals surface area contributed by atoms with E-state index in [9.17, 15) is 18.7 Å². The van der Waals surface area contributed by atoms with Crippen molar-refractivity contribution in [1.29, 1.82) is 0 Å². The van der Waals surface area contributed by atoms with Crippen LogP contribution in [0.15, 0.2) is 54.8 Å². The Balaban J connectivity index is 2.26. The minimum Gasteiger partial charge on any atom is -0.358 e. The Kier molecular flexibility index (Phi) is 13.2. The molecule has 2 atom stereocenters. The number of allylic oxidation sites excluding steroid dienone is 1. The fraction of sp³-hybridized carbons (Fsp3) is 0.433. The minimum atomic E-state index is -3.10. The maximum Gasteiger partial charge on any atom is 0.255 e. The first-order chi connectivity index (χ1) is 19.1. The average molecular weight is 570 g/mol. The molecule has 0 spiro atoms. The number of amides is 2. The van der Waals surface area contributed by atoms with Crippen LogP contribution in [-0.2, 0) is 4.79 Å². The summed E-state index contributed by atoms with van der Waals surface area (Å²) >= 11 is 0. The quantitative estimate of drug-likeness (QED) is 0.127. The van der Waals surface area contributed by atoms with Gasteiger partial charge in [0.25, 0.3) is 11.8 Å². The third kappa shape index (κ3) is 9.38. The van der Waals surface area contributed by atoms with E-state index in [-0.39, 0.29) is 23.6 Å². The highest BCUT2D eigenvalue weighted by molar-refractivity contribution is 8.25. The summed E-state index contributed by atoms with van der Waals surface area (Å²) in [6.45, 7) is 21.8. The van der Waals surface area contributed by atoms with Crippen LogP contribution < -0.4 is 10.6 Å². The Morgan fingerprint density at radius 3 is 2.73 bits per heavy atom. The molecule has 1 aliphatic rings. The molecule has 0 fully saturated rings. The SMILES string of the molecule is [C-]#[N+]C(/C=C/CS(O)(O)C1/C=C/C(=C/c2[nH]c(C)c(C(=O)NCCN(CC)CC)c2C)C(=O)N/C=C/C1)CC=C. The van der Waals surface area contributed by atoms with E-state index in [1.54, 1.807) is 42.5 Å². The summed E-state index contributed by atoms with van der Waals surface area (Å²) in [4.78, 5) is 34.8. The summed E-state index contributed by atoms with van der Waals surface area (Å²) in [6.07, 6.45) is 13.9. The molecule has 2 amide bonds. The zero-order chi connectivity index (χ0) is 29.7. The highest BCUT2D eigenvalue weighted by Gasteiger charge is 2.24. The van der Waals surface area contributed by atoms with E-state index >= 15 is 0 Å². The molecule has 0 aromatic carbocycles. The third-order valence-electron chi connectivity index (χ3n) is 6.82. The molecule has 1 aliphatic heterocycles. The Morgan fingerprint density at radius 2 is 2.08 bits per heavy atom. The van der Waals surface area contributed by atoms with Crippen molar-refractivity contribution in [3.05, 3.63) is 88.7 Å². The molecule has 1 aromatic rings. The van der Waals surface area contributed by atoms with Gasteiger partial charge in [0.2, 0.25) is 6.04 Å². The molecule has 40 heavy (non-hydrogen) atoms. The highest BCUT2D eigenvalue weighted by Crippen LogP contribution is 2.47. The molecule has 2 heterocycles. The number of hydrogen-bond donors (Lipinski definition) is 5. The Labute approximate surface area is 240 Å². The van der Waals surface area contributed by atoms with E-state index in [0.29, 0.717) is 41.9 Å². The van der Waals surface area contributed by atoms with Gasteiger partial charge in [0.05, 0.1) is 16.6 Å². The maximum absolute atomic E-state index is 12.9. The van der Waals surface area contributed by atoms with Crippen molar-refractivity contribution in [1.82, 2.24) is 20.5 Å². The normalized spacial score (nSPS) is 19.8. The number of carbonyl (C=O) groups excluding carboxylic acids is 2. The summed E-state index contributed by atoms with van der Waals surface area (Å²) in [5.41, 5.74) is 2.90. The molecule has 10 heteroatoms. The van der Waals surface area contributed by atoms with Crippen molar-refractivity contribution < 1.29 is 18.7 Å². The lowest BCUT2D eigenvalue weighted by Crippen LogP contribution is -2.35. The molecule has 0 aliphatic carbocycles. The molecule has 0 saturated heterocycles. The Bertz CT molecular complexity index is 1200. The van der Waals surface area contributed by atoms with Crippen molar-refractivity contribution in [3.8, 4) is 0 Å². The number of nitrogens with one attached hydrogen (secondary N) is 3. The molecular formula is C30H43N5O4S. The van der Waals surface area contributed by atoms with E-state index in [1.807, 2.05) is 13.8 Å². The predicted molar refractivity (Wildman–Crippen MR) is 165 cm³/mol. The van der Waals surface area contributed by atoms with Crippen LogP contribution >= 0.6 is 10.6 Å². The number of aryl methyl sites for hydroxylation is 1. The topological polar surface area (TPSA) is 122 Å². The first-order valence-corrected chi connectivity index (χ1v) is 15.3. The zero-order valence-corrected chi connectivity index (χ0v) is 24.8. The summed E-state index contributed by atoms with van der Waals surface area (Å²) in [5, 5.41) is 5.07. The first-order valence-electron chi connectivity index (χ1n) is 13.5. The molecular weight excluding hydrogens is 526 g/mol. The zero-order valence-electron chi connectivity index (χ0n) is 23.9. The number of aromatic nitrogens is 1. The number of likely N-dealkylation sites (N-methyl/N-ethyl adjacent to an activating group) is 1. The van der Waals surface area contributed by atoms with Gasteiger partial charge in [-0.3, -0.25) is 18.7 Å². The highest BCUT2D eigenvalue weighted by atomic mass is 32.3. The molecule has 9 nitrogen and oxygen atoms in total. The van der Waals surface area contributed by atoms with Gasteiger partial charge in [0.1, 0.15) is 0 Å². The maximum atomic E-state index is 12.9. The van der Waals surface area contributed by atoms with E-state index < -0.39 is 15.8 Å². The number of H-pyrrole nitrogens is 1. The van der Waals surface area contributed by atoms with Crippen LogP contribution in [0.2, 0.25) is 0 Å². The van der Waals surface area contributed by atoms with Gasteiger partial charge in [-0.15, -0.1) is 6.58 Å². The molecule has 0 radical (unpaired) electrons. The molecule has 2 rings (SSSR count). The second-order valence-corrected chi connectivity index (χ2v) is 12.0. The Hall–Kier alpha value is -3.36. The number of carbonyl (C=O) groups is 2. The second kappa shape index (κ2) is 16.0. The number of aromatic amines is 1. The van der Waals surface area contributed by atoms with E-state index in [2.05, 4.69) is 45.8 Å². The predicted octanol–water partition coefficient (Wildman–Crippen LogP) is 5.22. The van der Waals surface area contributed by atoms with Crippen LogP contribution in [0.3, 0.4) is 0 Å². The van der Waals surface area contributed by atoms with Gasteiger partial charge in [-0.2, -0.15) is 10.6 Å². The van der Waals surface area contributed by atoms with Crippen LogP contribution in [0.5, 0.6) is 0 Å². The van der Waals surface area contributed by atoms with Crippen molar-refractivity contribution in [2.75, 3.05) is 31.9 Å². The van der Waals surface area contributed by atoms with Gasteiger partial charge in [0, 0.05) is 42.7 Å². The second-order valence-electron chi connectivity index (χ2n) is 9.59. The van der Waals surface area contributed by atoms with Crippen LogP contribution in [0.25, 0.3) is 10.9 Å². The lowest BCUT2D eigenvalue weighted by Gasteiger charge is -2.37. The molecule has 2 unspecified atom stereocenters. The van der Waals surface area contributed by atoms with Crippen LogP contribution in [0.4, 0.5) is 0 Å². The summed E-state index contributed by atoms with van der Waals surface area (Å²) in [7, 11) is -3.10. The van der Waals surface area contributed by atoms with Gasteiger partial charge in [-0.05, 0) is 51.1 Å². The smallest absolute Gasteiger partial charge is 0.255 e. The van der Waals surface area contributed by atoms with Crippen molar-refractivity contribution in [2.24, 2.45) is 0 Å². The van der Waals surface area contributed by atoms with Gasteiger partial charge in [-0.25, -0.2) is 6.57 Å². The molecule has 0 saturated carbocycles. The van der Waals surface area contributed by atoms with Gasteiger partial charge < -0.3 is 25.4 Å². The third-order valence-corrected chi connectivity index (χ3v) is 8.83. The monoisotopic (exact) mass is 569 g/mol. The molecule has 1 aromatic heterocycles. The first kappa shape index (κ1) is 32.8. The lowest BCUT2D eigenvalue weighted by molar-refractivity contribution is -0.116. The van der Waals surface area contributed by atoms with Gasteiger partial charge in [0.15, 0.2) is 0 Å². The Morgan fingerprint density at radius 1 is 1.35 bits per heavy atom. The molecule has 218 valence electrons. The largest absolute Gasteiger partial charge is 0.358 e. The van der Waals surface area contributed by atoms with Crippen molar-refractivity contribution >= 4 is 28.5 Å². The van der Waals surface area contributed by atoms with E-state index in [1.165, 1.54) is 6.20 Å². The summed E-state index contributed by atoms with van der Waals surface area (Å²) in [6, 6.07) is -0.387. The van der Waals surface area contributed by atoms with Crippen LogP contribution in [-0.4, -0.2) is 74.0 Å². The molecule has 5 N–H and O–H groups in total. The van der Waals surface area contributed by atoms with Crippen LogP contribution in [0, 0.1) is 20.4 Å². The minimum absolute atomic E-state index is 0.00110. The lowest BCUT2D eigenvalue weighted by atomic mass is 10.1. The summed E-state index contributed by atoms with van der Waals surface area (Å²) in [5.74, 6) is -0.525. The fourth-order valence-corrected chi connectivity index (χ4v) is 5.76. The van der Waals surface area contributed by atoms with E-state index in [0.717, 1.165) is 25.2 Å². The number of nitrogens with zero attached hydrogens (tertiary/aromatic N) is 2. The number of hydrogen-bond acceptors (Lipinski definition) is 5. The van der Waals surface area contributed by atoms with Crippen molar-refractivity contribution in [3.63, 3.8) is 0 Å². The molecule has 0 bridgehead atoms.